The first-order chi connectivity index (χ1) is 12.6. The predicted molar refractivity (Wildman–Crippen MR) is 106 cm³/mol. The van der Waals surface area contributed by atoms with Crippen LogP contribution in [-0.2, 0) is 4.79 Å². The van der Waals surface area contributed by atoms with Crippen LogP contribution in [-0.4, -0.2) is 24.3 Å². The van der Waals surface area contributed by atoms with E-state index >= 15 is 0 Å². The van der Waals surface area contributed by atoms with Crippen molar-refractivity contribution >= 4 is 40.5 Å². The number of benzene rings is 2. The molecule has 26 heavy (non-hydrogen) atoms. The number of hydrogen-bond donors (Lipinski definition) is 1. The van der Waals surface area contributed by atoms with Gasteiger partial charge in [0.25, 0.3) is 5.91 Å². The van der Waals surface area contributed by atoms with Crippen LogP contribution in [0, 0.1) is 0 Å². The molecule has 0 atom stereocenters. The molecule has 134 valence electrons. The maximum absolute atomic E-state index is 11.6. The Bertz CT molecular complexity index is 867. The molecule has 1 aliphatic heterocycles. The van der Waals surface area contributed by atoms with Gasteiger partial charge in [0.15, 0.2) is 5.17 Å². The van der Waals surface area contributed by atoms with Gasteiger partial charge in [-0.15, -0.1) is 0 Å². The van der Waals surface area contributed by atoms with E-state index in [1.54, 1.807) is 12.1 Å². The summed E-state index contributed by atoms with van der Waals surface area (Å²) >= 11 is 7.21. The second-order valence-electron chi connectivity index (χ2n) is 5.42. The van der Waals surface area contributed by atoms with Crippen molar-refractivity contribution in [2.24, 2.45) is 10.7 Å². The highest BCUT2D eigenvalue weighted by atomic mass is 35.5. The average molecular weight is 389 g/mol. The highest BCUT2D eigenvalue weighted by molar-refractivity contribution is 8.18. The van der Waals surface area contributed by atoms with Crippen LogP contribution in [0.3, 0.4) is 0 Å². The molecule has 1 heterocycles. The molecule has 2 aromatic carbocycles. The first-order valence-corrected chi connectivity index (χ1v) is 9.19. The molecule has 0 radical (unpaired) electrons. The molecule has 7 heteroatoms. The fourth-order valence-electron chi connectivity index (χ4n) is 2.26. The topological polar surface area (TPSA) is 73.9 Å². The van der Waals surface area contributed by atoms with E-state index in [-0.39, 0.29) is 11.1 Å². The molecule has 2 aromatic rings. The van der Waals surface area contributed by atoms with Crippen molar-refractivity contribution in [3.8, 4) is 11.5 Å². The van der Waals surface area contributed by atoms with Gasteiger partial charge in [-0.25, -0.2) is 0 Å². The predicted octanol–water partition coefficient (Wildman–Crippen LogP) is 4.12. The van der Waals surface area contributed by atoms with Crippen LogP contribution in [0.15, 0.2) is 58.4 Å². The maximum atomic E-state index is 11.6. The second-order valence-corrected chi connectivity index (χ2v) is 6.89. The fraction of sp³-hybridized carbons (Fsp3) is 0.158. The second kappa shape index (κ2) is 8.78. The standard InChI is InChI=1S/C19H17ClN2O3S/c20-15-7-1-2-8-16(15)25-10-4-9-24-14-6-3-5-13(11-14)12-17-18(23)22-19(21)26-17/h1-3,5-8,11-12H,4,9-10H2,(H2,21,22,23)/b17-12-. The Labute approximate surface area is 160 Å². The van der Waals surface area contributed by atoms with Crippen LogP contribution in [0.5, 0.6) is 11.5 Å². The molecule has 1 aliphatic rings. The van der Waals surface area contributed by atoms with Crippen molar-refractivity contribution in [2.45, 2.75) is 6.42 Å². The number of carbonyl (C=O) groups is 1. The van der Waals surface area contributed by atoms with E-state index in [1.165, 1.54) is 11.8 Å². The van der Waals surface area contributed by atoms with E-state index in [1.807, 2.05) is 42.5 Å². The highest BCUT2D eigenvalue weighted by Crippen LogP contribution is 2.27. The Kier molecular flexibility index (Phi) is 6.20. The van der Waals surface area contributed by atoms with E-state index in [0.29, 0.717) is 28.9 Å². The SMILES string of the molecule is NC1=NC(=O)/C(=C/c2cccc(OCCCOc3ccccc3Cl)c2)S1. The number of amides is 1. The molecule has 3 rings (SSSR count). The number of nitrogens with two attached hydrogens (primary N) is 1. The molecule has 0 bridgehead atoms. The monoisotopic (exact) mass is 388 g/mol. The minimum atomic E-state index is -0.310. The number of carbonyl (C=O) groups excluding carboxylic acids is 1. The lowest BCUT2D eigenvalue weighted by atomic mass is 10.2. The number of thioether (sulfide) groups is 1. The largest absolute Gasteiger partial charge is 0.493 e. The molecule has 0 saturated heterocycles. The number of nitrogens with zero attached hydrogens (tertiary/aromatic N) is 1. The van der Waals surface area contributed by atoms with Crippen molar-refractivity contribution in [1.29, 1.82) is 0 Å². The lowest BCUT2D eigenvalue weighted by Crippen LogP contribution is -2.05. The Hall–Kier alpha value is -2.44. The summed E-state index contributed by atoms with van der Waals surface area (Å²) in [6.07, 6.45) is 2.47. The van der Waals surface area contributed by atoms with Crippen LogP contribution in [0.2, 0.25) is 5.02 Å². The molecule has 0 unspecified atom stereocenters. The van der Waals surface area contributed by atoms with Crippen LogP contribution in [0.1, 0.15) is 12.0 Å². The van der Waals surface area contributed by atoms with Crippen molar-refractivity contribution in [3.63, 3.8) is 0 Å². The molecule has 0 saturated carbocycles. The smallest absolute Gasteiger partial charge is 0.286 e. The Morgan fingerprint density at radius 3 is 2.69 bits per heavy atom. The minimum absolute atomic E-state index is 0.271. The van der Waals surface area contributed by atoms with Crippen LogP contribution in [0.4, 0.5) is 0 Å². The van der Waals surface area contributed by atoms with Gasteiger partial charge in [0.1, 0.15) is 11.5 Å². The third kappa shape index (κ3) is 5.03. The van der Waals surface area contributed by atoms with Crippen molar-refractivity contribution in [2.75, 3.05) is 13.2 Å². The van der Waals surface area contributed by atoms with Crippen LogP contribution >= 0.6 is 23.4 Å². The van der Waals surface area contributed by atoms with Crippen molar-refractivity contribution in [1.82, 2.24) is 0 Å². The Balaban J connectivity index is 1.48. The van der Waals surface area contributed by atoms with Crippen molar-refractivity contribution in [3.05, 3.63) is 64.0 Å². The zero-order valence-corrected chi connectivity index (χ0v) is 15.4. The van der Waals surface area contributed by atoms with Crippen LogP contribution < -0.4 is 15.2 Å². The van der Waals surface area contributed by atoms with Crippen molar-refractivity contribution < 1.29 is 14.3 Å². The molecule has 1 amide bonds. The first kappa shape index (κ1) is 18.4. The summed E-state index contributed by atoms with van der Waals surface area (Å²) in [7, 11) is 0. The Morgan fingerprint density at radius 2 is 1.92 bits per heavy atom. The molecule has 0 spiro atoms. The fourth-order valence-corrected chi connectivity index (χ4v) is 3.14. The third-order valence-electron chi connectivity index (χ3n) is 3.44. The molecule has 0 aliphatic carbocycles. The van der Waals surface area contributed by atoms with Gasteiger partial charge >= 0.3 is 0 Å². The van der Waals surface area contributed by atoms with Gasteiger partial charge in [-0.3, -0.25) is 4.79 Å². The quantitative estimate of drug-likeness (QED) is 0.570. The number of amidine groups is 1. The number of aliphatic imine (C=N–C) groups is 1. The summed E-state index contributed by atoms with van der Waals surface area (Å²) in [6.45, 7) is 1.02. The number of halogens is 1. The van der Waals surface area contributed by atoms with Gasteiger partial charge in [-0.05, 0) is 47.7 Å². The number of para-hydroxylation sites is 1. The number of hydrogen-bond acceptors (Lipinski definition) is 5. The van der Waals surface area contributed by atoms with Gasteiger partial charge < -0.3 is 15.2 Å². The molecule has 0 fully saturated rings. The summed E-state index contributed by atoms with van der Waals surface area (Å²) in [5.41, 5.74) is 6.41. The summed E-state index contributed by atoms with van der Waals surface area (Å²) in [5, 5.41) is 0.866. The highest BCUT2D eigenvalue weighted by Gasteiger charge is 2.19. The lowest BCUT2D eigenvalue weighted by Gasteiger charge is -2.09. The summed E-state index contributed by atoms with van der Waals surface area (Å²) in [5.74, 6) is 1.08. The number of rotatable bonds is 7. The first-order valence-electron chi connectivity index (χ1n) is 8.00. The summed E-state index contributed by atoms with van der Waals surface area (Å²) < 4.78 is 11.4. The zero-order valence-electron chi connectivity index (χ0n) is 13.9. The molecule has 5 nitrogen and oxygen atoms in total. The Morgan fingerprint density at radius 1 is 1.12 bits per heavy atom. The van der Waals surface area contributed by atoms with E-state index in [2.05, 4.69) is 4.99 Å². The van der Waals surface area contributed by atoms with Gasteiger partial charge in [0, 0.05) is 6.42 Å². The van der Waals surface area contributed by atoms with E-state index in [0.717, 1.165) is 17.7 Å². The van der Waals surface area contributed by atoms with Gasteiger partial charge in [-0.1, -0.05) is 35.9 Å². The molecular weight excluding hydrogens is 372 g/mol. The van der Waals surface area contributed by atoms with E-state index in [4.69, 9.17) is 26.8 Å². The van der Waals surface area contributed by atoms with E-state index in [9.17, 15) is 4.79 Å². The lowest BCUT2D eigenvalue weighted by molar-refractivity contribution is -0.113. The third-order valence-corrected chi connectivity index (χ3v) is 4.57. The van der Waals surface area contributed by atoms with E-state index < -0.39 is 0 Å². The zero-order chi connectivity index (χ0) is 18.4. The normalized spacial score (nSPS) is 15.2. The summed E-state index contributed by atoms with van der Waals surface area (Å²) in [6, 6.07) is 14.9. The average Bonchev–Trinajstić information content (AvgIpc) is 2.94. The summed E-state index contributed by atoms with van der Waals surface area (Å²) in [4.78, 5) is 15.8. The maximum Gasteiger partial charge on any atom is 0.286 e. The van der Waals surface area contributed by atoms with Gasteiger partial charge in [-0.2, -0.15) is 4.99 Å². The molecular formula is C19H17ClN2O3S. The molecule has 0 aromatic heterocycles. The van der Waals surface area contributed by atoms with Crippen LogP contribution in [0.25, 0.3) is 6.08 Å². The number of ether oxygens (including phenoxy) is 2. The minimum Gasteiger partial charge on any atom is -0.493 e. The molecule has 2 N–H and O–H groups in total. The van der Waals surface area contributed by atoms with Gasteiger partial charge in [0.05, 0.1) is 23.1 Å². The van der Waals surface area contributed by atoms with Gasteiger partial charge in [0.2, 0.25) is 0 Å².